The van der Waals surface area contributed by atoms with E-state index in [1.807, 2.05) is 3.88 Å². The molecule has 1 fully saturated rings. The van der Waals surface area contributed by atoms with Crippen molar-refractivity contribution in [3.8, 4) is 0 Å². The number of unbranched alkanes of at least 4 members (excludes halogenated alkanes) is 3. The van der Waals surface area contributed by atoms with Crippen LogP contribution < -0.4 is 24.8 Å². The van der Waals surface area contributed by atoms with Gasteiger partial charge in [0.15, 0.2) is 0 Å². The molecule has 25 heavy (non-hydrogen) atoms. The van der Waals surface area contributed by atoms with Crippen LogP contribution >= 0.6 is 0 Å². The summed E-state index contributed by atoms with van der Waals surface area (Å²) in [6.45, 7) is 2.30. The second-order valence-electron chi connectivity index (χ2n) is 7.54. The summed E-state index contributed by atoms with van der Waals surface area (Å²) in [4.78, 5) is 0. The van der Waals surface area contributed by atoms with Gasteiger partial charge in [-0.1, -0.05) is 0 Å². The topological polar surface area (TPSA) is 0 Å². The molecule has 0 saturated carbocycles. The van der Waals surface area contributed by atoms with E-state index < -0.39 is 16.6 Å². The second-order valence-corrected chi connectivity index (χ2v) is 14.6. The zero-order valence-corrected chi connectivity index (χ0v) is 18.2. The minimum absolute atomic E-state index is 0. The number of benzene rings is 1. The Morgan fingerprint density at radius 1 is 1.00 bits per heavy atom. The molecule has 1 aliphatic heterocycles. The van der Waals surface area contributed by atoms with Crippen LogP contribution in [0.15, 0.2) is 51.9 Å². The van der Waals surface area contributed by atoms with Gasteiger partial charge in [-0.15, -0.1) is 0 Å². The van der Waals surface area contributed by atoms with Crippen LogP contribution in [0.25, 0.3) is 6.08 Å². The van der Waals surface area contributed by atoms with Crippen molar-refractivity contribution in [2.75, 3.05) is 0 Å². The van der Waals surface area contributed by atoms with Crippen LogP contribution in [-0.4, -0.2) is 0 Å². The summed E-state index contributed by atoms with van der Waals surface area (Å²) in [6.07, 6.45) is 18.1. The molecule has 3 aliphatic rings. The first-order valence-electron chi connectivity index (χ1n) is 9.51. The molecule has 1 aromatic rings. The molecule has 0 aromatic heterocycles. The maximum Gasteiger partial charge on any atom is -1.00 e. The van der Waals surface area contributed by atoms with E-state index >= 15 is 0 Å². The smallest absolute Gasteiger partial charge is 1.00 e. The van der Waals surface area contributed by atoms with Crippen molar-refractivity contribution in [3.05, 3.63) is 63.1 Å². The Morgan fingerprint density at radius 2 is 1.80 bits per heavy atom. The number of fused-ring (bicyclic) bond motifs is 1. The maximum atomic E-state index is 2.57. The van der Waals surface area contributed by atoms with Crippen molar-refractivity contribution in [2.24, 2.45) is 0 Å². The molecule has 1 aromatic carbocycles. The van der Waals surface area contributed by atoms with Crippen LogP contribution in [0.3, 0.4) is 0 Å². The van der Waals surface area contributed by atoms with Gasteiger partial charge in [-0.3, -0.25) is 0 Å². The Balaban J connectivity index is 0.00000113. The molecule has 0 nitrogen and oxygen atoms in total. The predicted octanol–water partition coefficient (Wildman–Crippen LogP) is 0.951. The van der Waals surface area contributed by atoms with E-state index in [1.165, 1.54) is 44.1 Å². The summed E-state index contributed by atoms with van der Waals surface area (Å²) in [6, 6.07) is 9.13. The van der Waals surface area contributed by atoms with E-state index in [-0.39, 0.29) is 24.8 Å². The second kappa shape index (κ2) is 9.09. The fourth-order valence-corrected chi connectivity index (χ4v) is 13.6. The fourth-order valence-electron chi connectivity index (χ4n) is 4.72. The molecule has 0 bridgehead atoms. The number of halogens is 2. The van der Waals surface area contributed by atoms with Crippen molar-refractivity contribution < 1.29 is 41.4 Å². The Labute approximate surface area is 169 Å². The van der Waals surface area contributed by atoms with Gasteiger partial charge in [0.2, 0.25) is 0 Å². The molecular weight excluding hydrogens is 383 g/mol. The van der Waals surface area contributed by atoms with Crippen molar-refractivity contribution >= 4 is 6.08 Å². The Hall–Kier alpha value is -0.266. The molecule has 1 heterocycles. The molecular formula is C22H28Cl2Ti. The van der Waals surface area contributed by atoms with E-state index in [0.717, 1.165) is 4.22 Å². The summed E-state index contributed by atoms with van der Waals surface area (Å²) >= 11 is -1.83. The number of allylic oxidation sites excluding steroid dienone is 5. The molecule has 1 unspecified atom stereocenters. The minimum atomic E-state index is -1.83. The zero-order valence-electron chi connectivity index (χ0n) is 15.1. The van der Waals surface area contributed by atoms with Gasteiger partial charge in [-0.05, 0) is 0 Å². The van der Waals surface area contributed by atoms with Crippen LogP contribution in [0.4, 0.5) is 0 Å². The van der Waals surface area contributed by atoms with E-state index in [1.54, 1.807) is 20.6 Å². The van der Waals surface area contributed by atoms with Gasteiger partial charge in [0.05, 0.1) is 0 Å². The average molecular weight is 411 g/mol. The van der Waals surface area contributed by atoms with Crippen LogP contribution in [0.2, 0.25) is 9.45 Å². The van der Waals surface area contributed by atoms with E-state index in [2.05, 4.69) is 55.5 Å². The van der Waals surface area contributed by atoms with Crippen molar-refractivity contribution in [1.82, 2.24) is 0 Å². The van der Waals surface area contributed by atoms with Crippen LogP contribution in [0.1, 0.15) is 60.8 Å². The quantitative estimate of drug-likeness (QED) is 0.463. The maximum absolute atomic E-state index is 2.57. The number of hydrogen-bond acceptors (Lipinski definition) is 0. The van der Waals surface area contributed by atoms with Gasteiger partial charge >= 0.3 is 145 Å². The van der Waals surface area contributed by atoms with E-state index in [9.17, 15) is 0 Å². The predicted molar refractivity (Wildman–Crippen MR) is 97.4 cm³/mol. The van der Waals surface area contributed by atoms with Gasteiger partial charge in [-0.25, -0.2) is 0 Å². The standard InChI is InChI=1S/C11H17.C9H7.C2H4.2ClH.Ti/c1-2-3-4-5-8-11-9-6-7-10-11;1-2-5-9-7-3-6-8(9)4-1;1-2;;;/h6,9H,2-5,7-8H2,1H3;1-7H;1-2H2;2*1H;/q;;;;;+2/p-2. The number of rotatable bonds is 7. The van der Waals surface area contributed by atoms with Crippen LogP contribution in [-0.2, 0) is 16.6 Å². The first kappa shape index (κ1) is 21.0. The molecule has 0 amide bonds. The summed E-state index contributed by atoms with van der Waals surface area (Å²) < 4.78 is 5.91. The van der Waals surface area contributed by atoms with Gasteiger partial charge in [0, 0.05) is 0 Å². The van der Waals surface area contributed by atoms with Gasteiger partial charge in [-0.2, -0.15) is 0 Å². The molecule has 3 heteroatoms. The Kier molecular flexibility index (Phi) is 7.65. The van der Waals surface area contributed by atoms with Crippen molar-refractivity contribution in [2.45, 2.75) is 59.1 Å². The fraction of sp³-hybridized carbons (Fsp3) is 0.455. The van der Waals surface area contributed by atoms with Crippen molar-refractivity contribution in [1.29, 1.82) is 0 Å². The van der Waals surface area contributed by atoms with Gasteiger partial charge in [0.25, 0.3) is 0 Å². The van der Waals surface area contributed by atoms with Gasteiger partial charge < -0.3 is 24.8 Å². The third-order valence-electron chi connectivity index (χ3n) is 6.11. The van der Waals surface area contributed by atoms with Crippen molar-refractivity contribution in [3.63, 3.8) is 0 Å². The number of hydrogen-bond donors (Lipinski definition) is 0. The average Bonchev–Trinajstić information content (AvgIpc) is 3.05. The largest absolute Gasteiger partial charge is 1.00 e. The van der Waals surface area contributed by atoms with Crippen LogP contribution in [0, 0.1) is 0 Å². The molecule has 134 valence electrons. The first-order chi connectivity index (χ1) is 11.3. The molecule has 0 radical (unpaired) electrons. The molecule has 1 saturated heterocycles. The third kappa shape index (κ3) is 4.03. The van der Waals surface area contributed by atoms with Gasteiger partial charge in [0.1, 0.15) is 0 Å². The zero-order chi connectivity index (χ0) is 15.7. The third-order valence-corrected chi connectivity index (χ3v) is 13.9. The Morgan fingerprint density at radius 3 is 2.56 bits per heavy atom. The molecule has 2 aliphatic carbocycles. The minimum Gasteiger partial charge on any atom is -1.00 e. The Bertz CT molecular complexity index is 683. The molecule has 4 rings (SSSR count). The normalized spacial score (nSPS) is 20.4. The van der Waals surface area contributed by atoms with Crippen LogP contribution in [0.5, 0.6) is 0 Å². The van der Waals surface area contributed by atoms with E-state index in [4.69, 9.17) is 0 Å². The molecule has 1 atom stereocenters. The first-order valence-corrected chi connectivity index (χ1v) is 13.4. The summed E-state index contributed by atoms with van der Waals surface area (Å²) in [5, 5.41) is 0. The van der Waals surface area contributed by atoms with E-state index in [0.29, 0.717) is 0 Å². The molecule has 0 spiro atoms. The molecule has 0 N–H and O–H groups in total. The summed E-state index contributed by atoms with van der Waals surface area (Å²) in [7, 11) is 0. The summed E-state index contributed by atoms with van der Waals surface area (Å²) in [5.41, 5.74) is 4.90. The monoisotopic (exact) mass is 410 g/mol. The SMILES string of the molecule is CCCCCCC1=[C]([Ti+2]2([CH]3C=Cc4ccccc43)[CH2][CH2]2)CC=C1.[Cl-].[Cl-]. The summed E-state index contributed by atoms with van der Waals surface area (Å²) in [5.74, 6) is 0.